The standard InChI is InChI=1S/C5H9N3O/c1-4-6-7-5(9-3)8(4)2/h1-3H3. The quantitative estimate of drug-likeness (QED) is 0.538. The van der Waals surface area contributed by atoms with E-state index in [-0.39, 0.29) is 0 Å². The number of ether oxygens (including phenoxy) is 1. The molecule has 0 amide bonds. The van der Waals surface area contributed by atoms with Crippen molar-refractivity contribution in [2.75, 3.05) is 7.11 Å². The summed E-state index contributed by atoms with van der Waals surface area (Å²) in [6.07, 6.45) is 0. The van der Waals surface area contributed by atoms with E-state index >= 15 is 0 Å². The molecule has 0 aliphatic carbocycles. The predicted molar refractivity (Wildman–Crippen MR) is 32.3 cm³/mol. The lowest BCUT2D eigenvalue weighted by Gasteiger charge is -1.96. The third-order valence-corrected chi connectivity index (χ3v) is 1.24. The maximum absolute atomic E-state index is 4.86. The normalized spacial score (nSPS) is 9.67. The van der Waals surface area contributed by atoms with Crippen molar-refractivity contribution in [3.8, 4) is 6.01 Å². The molecule has 0 fully saturated rings. The van der Waals surface area contributed by atoms with E-state index in [0.717, 1.165) is 5.82 Å². The smallest absolute Gasteiger partial charge is 0.316 e. The maximum atomic E-state index is 4.86. The number of nitrogens with zero attached hydrogens (tertiary/aromatic N) is 3. The Hall–Kier alpha value is -1.06. The number of rotatable bonds is 1. The van der Waals surface area contributed by atoms with Gasteiger partial charge in [0, 0.05) is 7.05 Å². The van der Waals surface area contributed by atoms with E-state index in [1.165, 1.54) is 0 Å². The monoisotopic (exact) mass is 127 g/mol. The van der Waals surface area contributed by atoms with E-state index in [9.17, 15) is 0 Å². The lowest BCUT2D eigenvalue weighted by Crippen LogP contribution is -1.95. The van der Waals surface area contributed by atoms with Crippen molar-refractivity contribution in [1.29, 1.82) is 0 Å². The summed E-state index contributed by atoms with van der Waals surface area (Å²) >= 11 is 0. The number of methoxy groups -OCH3 is 1. The SMILES string of the molecule is COc1nnc(C)n1C. The molecule has 4 heteroatoms. The highest BCUT2D eigenvalue weighted by molar-refractivity contribution is 4.96. The Kier molecular flexibility index (Phi) is 1.38. The number of hydrogen-bond acceptors (Lipinski definition) is 3. The fourth-order valence-corrected chi connectivity index (χ4v) is 0.565. The molecular weight excluding hydrogens is 118 g/mol. The second-order valence-corrected chi connectivity index (χ2v) is 1.79. The summed E-state index contributed by atoms with van der Waals surface area (Å²) in [7, 11) is 3.43. The first-order chi connectivity index (χ1) is 4.25. The molecule has 1 aromatic rings. The van der Waals surface area contributed by atoms with Crippen LogP contribution in [0.5, 0.6) is 6.01 Å². The second-order valence-electron chi connectivity index (χ2n) is 1.79. The molecule has 0 aliphatic rings. The fourth-order valence-electron chi connectivity index (χ4n) is 0.565. The molecule has 0 radical (unpaired) electrons. The van der Waals surface area contributed by atoms with Crippen LogP contribution in [0.2, 0.25) is 0 Å². The van der Waals surface area contributed by atoms with Gasteiger partial charge in [-0.25, -0.2) is 0 Å². The van der Waals surface area contributed by atoms with E-state index in [0.29, 0.717) is 6.01 Å². The topological polar surface area (TPSA) is 39.9 Å². The maximum Gasteiger partial charge on any atom is 0.316 e. The molecule has 0 aromatic carbocycles. The summed E-state index contributed by atoms with van der Waals surface area (Å²) in [4.78, 5) is 0. The number of aromatic nitrogens is 3. The van der Waals surface area contributed by atoms with Crippen LogP contribution in [-0.2, 0) is 7.05 Å². The van der Waals surface area contributed by atoms with Gasteiger partial charge in [0.15, 0.2) is 0 Å². The third kappa shape index (κ3) is 0.872. The van der Waals surface area contributed by atoms with E-state index in [2.05, 4.69) is 10.2 Å². The Morgan fingerprint density at radius 1 is 1.44 bits per heavy atom. The van der Waals surface area contributed by atoms with Crippen molar-refractivity contribution >= 4 is 0 Å². The van der Waals surface area contributed by atoms with Gasteiger partial charge in [-0.05, 0) is 6.92 Å². The zero-order chi connectivity index (χ0) is 6.85. The molecule has 9 heavy (non-hydrogen) atoms. The fraction of sp³-hybridized carbons (Fsp3) is 0.600. The highest BCUT2D eigenvalue weighted by Gasteiger charge is 2.01. The minimum Gasteiger partial charge on any atom is -0.467 e. The van der Waals surface area contributed by atoms with Crippen LogP contribution in [-0.4, -0.2) is 21.9 Å². The molecular formula is C5H9N3O. The zero-order valence-corrected chi connectivity index (χ0v) is 5.75. The van der Waals surface area contributed by atoms with E-state index < -0.39 is 0 Å². The average molecular weight is 127 g/mol. The van der Waals surface area contributed by atoms with Crippen molar-refractivity contribution in [1.82, 2.24) is 14.8 Å². The third-order valence-electron chi connectivity index (χ3n) is 1.24. The summed E-state index contributed by atoms with van der Waals surface area (Å²) in [6, 6.07) is 0.549. The summed E-state index contributed by atoms with van der Waals surface area (Å²) in [5, 5.41) is 7.50. The van der Waals surface area contributed by atoms with E-state index in [1.54, 1.807) is 11.7 Å². The van der Waals surface area contributed by atoms with Crippen LogP contribution < -0.4 is 4.74 Å². The number of aryl methyl sites for hydroxylation is 1. The van der Waals surface area contributed by atoms with Gasteiger partial charge in [0.2, 0.25) is 0 Å². The van der Waals surface area contributed by atoms with Crippen molar-refractivity contribution in [2.45, 2.75) is 6.92 Å². The van der Waals surface area contributed by atoms with E-state index in [4.69, 9.17) is 4.74 Å². The Morgan fingerprint density at radius 2 is 2.11 bits per heavy atom. The first-order valence-corrected chi connectivity index (χ1v) is 2.65. The largest absolute Gasteiger partial charge is 0.467 e. The van der Waals surface area contributed by atoms with Gasteiger partial charge in [0.05, 0.1) is 7.11 Å². The van der Waals surface area contributed by atoms with Gasteiger partial charge in [0.1, 0.15) is 5.82 Å². The summed E-state index contributed by atoms with van der Waals surface area (Å²) < 4.78 is 6.63. The van der Waals surface area contributed by atoms with Gasteiger partial charge in [-0.2, -0.15) is 0 Å². The molecule has 1 rings (SSSR count). The highest BCUT2D eigenvalue weighted by atomic mass is 16.5. The Labute approximate surface area is 53.5 Å². The number of hydrogen-bond donors (Lipinski definition) is 0. The van der Waals surface area contributed by atoms with Crippen molar-refractivity contribution in [2.24, 2.45) is 7.05 Å². The van der Waals surface area contributed by atoms with E-state index in [1.807, 2.05) is 14.0 Å². The van der Waals surface area contributed by atoms with Crippen LogP contribution in [0, 0.1) is 6.92 Å². The average Bonchev–Trinajstić information content (AvgIpc) is 2.15. The molecule has 1 heterocycles. The summed E-state index contributed by atoms with van der Waals surface area (Å²) in [5.41, 5.74) is 0. The first-order valence-electron chi connectivity index (χ1n) is 2.65. The molecule has 0 spiro atoms. The van der Waals surface area contributed by atoms with Crippen LogP contribution in [0.25, 0.3) is 0 Å². The Bertz CT molecular complexity index is 206. The first kappa shape index (κ1) is 6.07. The van der Waals surface area contributed by atoms with Gasteiger partial charge in [-0.15, -0.1) is 5.10 Å². The lowest BCUT2D eigenvalue weighted by atomic mass is 10.7. The minimum absolute atomic E-state index is 0.549. The summed E-state index contributed by atoms with van der Waals surface area (Å²) in [6.45, 7) is 1.87. The zero-order valence-electron chi connectivity index (χ0n) is 5.75. The van der Waals surface area contributed by atoms with Crippen molar-refractivity contribution in [3.63, 3.8) is 0 Å². The van der Waals surface area contributed by atoms with Gasteiger partial charge in [-0.3, -0.25) is 4.57 Å². The molecule has 0 bridgehead atoms. The van der Waals surface area contributed by atoms with Crippen LogP contribution in [0.1, 0.15) is 5.82 Å². The van der Waals surface area contributed by atoms with Crippen molar-refractivity contribution in [3.05, 3.63) is 5.82 Å². The molecule has 0 unspecified atom stereocenters. The predicted octanol–water partition coefficient (Wildman–Crippen LogP) is 0.132. The summed E-state index contributed by atoms with van der Waals surface area (Å²) in [5.74, 6) is 0.854. The Balaban J connectivity index is 3.04. The van der Waals surface area contributed by atoms with Crippen LogP contribution in [0.3, 0.4) is 0 Å². The second kappa shape index (κ2) is 2.05. The van der Waals surface area contributed by atoms with Gasteiger partial charge in [-0.1, -0.05) is 5.10 Å². The molecule has 0 atom stereocenters. The van der Waals surface area contributed by atoms with Crippen molar-refractivity contribution < 1.29 is 4.74 Å². The van der Waals surface area contributed by atoms with Gasteiger partial charge >= 0.3 is 6.01 Å². The molecule has 1 aromatic heterocycles. The molecule has 0 saturated heterocycles. The lowest BCUT2D eigenvalue weighted by molar-refractivity contribution is 0.363. The molecule has 0 N–H and O–H groups in total. The van der Waals surface area contributed by atoms with Gasteiger partial charge < -0.3 is 4.74 Å². The molecule has 50 valence electrons. The highest BCUT2D eigenvalue weighted by Crippen LogP contribution is 2.03. The molecule has 0 saturated carbocycles. The molecule has 0 aliphatic heterocycles. The Morgan fingerprint density at radius 3 is 2.33 bits per heavy atom. The van der Waals surface area contributed by atoms with Crippen LogP contribution in [0.15, 0.2) is 0 Å². The molecule has 4 nitrogen and oxygen atoms in total. The minimum atomic E-state index is 0.549. The van der Waals surface area contributed by atoms with Crippen LogP contribution >= 0.6 is 0 Å². The van der Waals surface area contributed by atoms with Gasteiger partial charge in [0.25, 0.3) is 0 Å². The van der Waals surface area contributed by atoms with Crippen LogP contribution in [0.4, 0.5) is 0 Å².